The van der Waals surface area contributed by atoms with Crippen LogP contribution < -0.4 is 11.2 Å². The molecule has 2 aromatic heterocycles. The number of hydrogen-bond acceptors (Lipinski definition) is 5. The van der Waals surface area contributed by atoms with E-state index in [0.29, 0.717) is 13.1 Å². The second kappa shape index (κ2) is 4.44. The number of rotatable bonds is 3. The van der Waals surface area contributed by atoms with Crippen LogP contribution in [0.25, 0.3) is 0 Å². The predicted octanol–water partition coefficient (Wildman–Crippen LogP) is -1.30. The molecule has 0 aliphatic rings. The summed E-state index contributed by atoms with van der Waals surface area (Å²) < 4.78 is 2.80. The fraction of sp³-hybridized carbons (Fsp3) is 0.222. The molecule has 2 heterocycles. The van der Waals surface area contributed by atoms with Gasteiger partial charge in [0.15, 0.2) is 0 Å². The molecule has 0 fully saturated rings. The van der Waals surface area contributed by atoms with E-state index in [-0.39, 0.29) is 5.56 Å². The van der Waals surface area contributed by atoms with Crippen molar-refractivity contribution in [1.29, 1.82) is 5.26 Å². The number of aryl methyl sites for hydroxylation is 2. The third-order valence-corrected chi connectivity index (χ3v) is 2.17. The third-order valence-electron chi connectivity index (χ3n) is 2.17. The molecule has 2 rings (SSSR count). The van der Waals surface area contributed by atoms with Gasteiger partial charge >= 0.3 is 5.69 Å². The van der Waals surface area contributed by atoms with E-state index in [1.807, 2.05) is 0 Å². The van der Waals surface area contributed by atoms with Crippen LogP contribution in [-0.4, -0.2) is 24.5 Å². The van der Waals surface area contributed by atoms with Gasteiger partial charge in [0.1, 0.15) is 11.6 Å². The second-order valence-corrected chi connectivity index (χ2v) is 3.27. The molecular formula is C9H8N6O2. The van der Waals surface area contributed by atoms with Gasteiger partial charge in [0, 0.05) is 18.9 Å². The molecule has 0 aliphatic carbocycles. The minimum absolute atomic E-state index is 0.0943. The van der Waals surface area contributed by atoms with E-state index in [1.165, 1.54) is 17.0 Å². The highest BCUT2D eigenvalue weighted by Gasteiger charge is 2.03. The molecule has 17 heavy (non-hydrogen) atoms. The standard InChI is InChI=1S/C9H8N6O2/c10-5-7-6-14(9(17)12-8(7)16)3-4-15-2-1-11-13-15/h1-2,6H,3-4H2,(H,12,16,17). The fourth-order valence-corrected chi connectivity index (χ4v) is 1.32. The maximum Gasteiger partial charge on any atom is 0.328 e. The summed E-state index contributed by atoms with van der Waals surface area (Å²) in [5.41, 5.74) is -1.31. The van der Waals surface area contributed by atoms with Gasteiger partial charge in [0.2, 0.25) is 0 Å². The average molecular weight is 232 g/mol. The summed E-state index contributed by atoms with van der Waals surface area (Å²) >= 11 is 0. The Hall–Kier alpha value is -2.69. The zero-order valence-corrected chi connectivity index (χ0v) is 8.70. The van der Waals surface area contributed by atoms with Crippen LogP contribution in [0.5, 0.6) is 0 Å². The highest BCUT2D eigenvalue weighted by Crippen LogP contribution is 1.88. The molecule has 0 aromatic carbocycles. The highest BCUT2D eigenvalue weighted by atomic mass is 16.2. The first kappa shape index (κ1) is 10.8. The maximum atomic E-state index is 11.4. The number of hydrogen-bond donors (Lipinski definition) is 1. The van der Waals surface area contributed by atoms with Gasteiger partial charge in [-0.1, -0.05) is 5.21 Å². The van der Waals surface area contributed by atoms with Crippen molar-refractivity contribution in [3.05, 3.63) is 45.0 Å². The zero-order valence-electron chi connectivity index (χ0n) is 8.70. The van der Waals surface area contributed by atoms with Gasteiger partial charge in [-0.3, -0.25) is 19.0 Å². The topological polar surface area (TPSA) is 109 Å². The SMILES string of the molecule is N#Cc1cn(CCn2ccnn2)c(=O)[nH]c1=O. The van der Waals surface area contributed by atoms with Gasteiger partial charge in [0.25, 0.3) is 5.56 Å². The van der Waals surface area contributed by atoms with E-state index in [9.17, 15) is 9.59 Å². The Kier molecular flexibility index (Phi) is 2.83. The van der Waals surface area contributed by atoms with Crippen molar-refractivity contribution in [3.8, 4) is 6.07 Å². The molecule has 2 aromatic rings. The molecule has 0 radical (unpaired) electrons. The van der Waals surface area contributed by atoms with Crippen LogP contribution in [-0.2, 0) is 13.1 Å². The van der Waals surface area contributed by atoms with Crippen LogP contribution in [0.3, 0.4) is 0 Å². The van der Waals surface area contributed by atoms with E-state index < -0.39 is 11.2 Å². The van der Waals surface area contributed by atoms with Gasteiger partial charge in [-0.05, 0) is 0 Å². The number of nitriles is 1. The summed E-state index contributed by atoms with van der Waals surface area (Å²) in [6.45, 7) is 0.727. The van der Waals surface area contributed by atoms with Crippen LogP contribution in [0.4, 0.5) is 0 Å². The molecule has 86 valence electrons. The molecule has 8 nitrogen and oxygen atoms in total. The van der Waals surface area contributed by atoms with E-state index in [1.54, 1.807) is 16.9 Å². The first-order valence-electron chi connectivity index (χ1n) is 4.78. The maximum absolute atomic E-state index is 11.4. The van der Waals surface area contributed by atoms with Gasteiger partial charge in [-0.2, -0.15) is 5.26 Å². The van der Waals surface area contributed by atoms with Crippen molar-refractivity contribution >= 4 is 0 Å². The van der Waals surface area contributed by atoms with Crippen molar-refractivity contribution in [1.82, 2.24) is 24.5 Å². The average Bonchev–Trinajstić information content (AvgIpc) is 2.81. The number of aromatic nitrogens is 5. The van der Waals surface area contributed by atoms with Crippen LogP contribution >= 0.6 is 0 Å². The van der Waals surface area contributed by atoms with Crippen molar-refractivity contribution < 1.29 is 0 Å². The third kappa shape index (κ3) is 2.28. The van der Waals surface area contributed by atoms with Crippen LogP contribution in [0.15, 0.2) is 28.2 Å². The molecule has 0 aliphatic heterocycles. The first-order chi connectivity index (χ1) is 8.20. The Labute approximate surface area is 94.7 Å². The minimum Gasteiger partial charge on any atom is -0.297 e. The number of nitrogens with zero attached hydrogens (tertiary/aromatic N) is 5. The lowest BCUT2D eigenvalue weighted by molar-refractivity contribution is 0.503. The van der Waals surface area contributed by atoms with Gasteiger partial charge < -0.3 is 0 Å². The Bertz CT molecular complexity index is 660. The minimum atomic E-state index is -0.672. The van der Waals surface area contributed by atoms with E-state index in [2.05, 4.69) is 15.3 Å². The van der Waals surface area contributed by atoms with Crippen LogP contribution in [0.1, 0.15) is 5.56 Å². The van der Waals surface area contributed by atoms with E-state index in [4.69, 9.17) is 5.26 Å². The first-order valence-corrected chi connectivity index (χ1v) is 4.78. The predicted molar refractivity (Wildman–Crippen MR) is 56.1 cm³/mol. The van der Waals surface area contributed by atoms with Crippen molar-refractivity contribution in [2.45, 2.75) is 13.1 Å². The Balaban J connectivity index is 2.25. The van der Waals surface area contributed by atoms with Gasteiger partial charge in [-0.25, -0.2) is 4.79 Å². The summed E-state index contributed by atoms with van der Waals surface area (Å²) in [7, 11) is 0. The summed E-state index contributed by atoms with van der Waals surface area (Å²) in [5, 5.41) is 16.0. The van der Waals surface area contributed by atoms with E-state index >= 15 is 0 Å². The second-order valence-electron chi connectivity index (χ2n) is 3.27. The molecule has 8 heteroatoms. The summed E-state index contributed by atoms with van der Waals surface area (Å²) in [6.07, 6.45) is 4.41. The summed E-state index contributed by atoms with van der Waals surface area (Å²) in [5.74, 6) is 0. The molecule has 0 saturated heterocycles. The smallest absolute Gasteiger partial charge is 0.297 e. The monoisotopic (exact) mass is 232 g/mol. The van der Waals surface area contributed by atoms with Crippen molar-refractivity contribution in [3.63, 3.8) is 0 Å². The zero-order chi connectivity index (χ0) is 12.3. The molecule has 1 N–H and O–H groups in total. The van der Waals surface area contributed by atoms with Crippen molar-refractivity contribution in [2.24, 2.45) is 0 Å². The fourth-order valence-electron chi connectivity index (χ4n) is 1.32. The lowest BCUT2D eigenvalue weighted by atomic mass is 10.4. The lowest BCUT2D eigenvalue weighted by Crippen LogP contribution is -2.32. The number of nitrogens with one attached hydrogen (secondary N) is 1. The molecule has 0 saturated carbocycles. The number of aromatic amines is 1. The molecular weight excluding hydrogens is 224 g/mol. The molecule has 0 spiro atoms. The Morgan fingerprint density at radius 1 is 1.41 bits per heavy atom. The molecule has 0 amide bonds. The summed E-state index contributed by atoms with van der Waals surface area (Å²) in [4.78, 5) is 24.6. The Morgan fingerprint density at radius 3 is 2.88 bits per heavy atom. The van der Waals surface area contributed by atoms with E-state index in [0.717, 1.165) is 0 Å². The normalized spacial score (nSPS) is 10.1. The van der Waals surface area contributed by atoms with Crippen LogP contribution in [0.2, 0.25) is 0 Å². The molecule has 0 atom stereocenters. The Morgan fingerprint density at radius 2 is 2.24 bits per heavy atom. The largest absolute Gasteiger partial charge is 0.328 e. The summed E-state index contributed by atoms with van der Waals surface area (Å²) in [6, 6.07) is 1.72. The quantitative estimate of drug-likeness (QED) is 0.707. The molecule has 0 bridgehead atoms. The highest BCUT2D eigenvalue weighted by molar-refractivity contribution is 5.21. The van der Waals surface area contributed by atoms with Crippen molar-refractivity contribution in [2.75, 3.05) is 0 Å². The number of H-pyrrole nitrogens is 1. The van der Waals surface area contributed by atoms with Crippen LogP contribution in [0, 0.1) is 11.3 Å². The lowest BCUT2D eigenvalue weighted by Gasteiger charge is -2.04. The molecule has 0 unspecified atom stereocenters. The van der Waals surface area contributed by atoms with Gasteiger partial charge in [-0.15, -0.1) is 5.10 Å². The van der Waals surface area contributed by atoms with Gasteiger partial charge in [0.05, 0.1) is 12.7 Å².